The van der Waals surface area contributed by atoms with Crippen LogP contribution in [-0.4, -0.2) is 41.2 Å². The largest absolute Gasteiger partial charge is 0.497 e. The summed E-state index contributed by atoms with van der Waals surface area (Å²) in [7, 11) is 1.61. The number of benzene rings is 1. The molecular weight excluding hydrogens is 366 g/mol. The summed E-state index contributed by atoms with van der Waals surface area (Å²) in [4.78, 5) is 33.3. The molecule has 0 aliphatic carbocycles. The molecule has 1 unspecified atom stereocenters. The van der Waals surface area contributed by atoms with Crippen LogP contribution in [0.2, 0.25) is 0 Å². The van der Waals surface area contributed by atoms with Crippen LogP contribution >= 0.6 is 11.3 Å². The van der Waals surface area contributed by atoms with Crippen molar-refractivity contribution in [3.63, 3.8) is 0 Å². The van der Waals surface area contributed by atoms with Crippen LogP contribution in [0, 0.1) is 5.92 Å². The summed E-state index contributed by atoms with van der Waals surface area (Å²) >= 11 is 1.35. The third-order valence-electron chi connectivity index (χ3n) is 4.87. The Labute approximate surface area is 159 Å². The zero-order valence-electron chi connectivity index (χ0n) is 14.8. The van der Waals surface area contributed by atoms with E-state index in [0.717, 1.165) is 23.3 Å². The number of nitrogens with zero attached hydrogens (tertiary/aromatic N) is 2. The molecule has 3 heterocycles. The number of thiophene rings is 1. The van der Waals surface area contributed by atoms with Crippen molar-refractivity contribution in [1.82, 2.24) is 9.97 Å². The van der Waals surface area contributed by atoms with Crippen molar-refractivity contribution < 1.29 is 14.6 Å². The highest BCUT2D eigenvalue weighted by Crippen LogP contribution is 2.33. The number of piperidine rings is 1. The number of hydrogen-bond acceptors (Lipinski definition) is 6. The molecule has 1 atom stereocenters. The number of nitrogens with one attached hydrogen (secondary N) is 1. The van der Waals surface area contributed by atoms with Gasteiger partial charge in [0.2, 0.25) is 5.95 Å². The van der Waals surface area contributed by atoms with E-state index in [1.807, 2.05) is 34.5 Å². The number of methoxy groups -OCH3 is 1. The van der Waals surface area contributed by atoms with Gasteiger partial charge in [0.05, 0.1) is 18.5 Å². The number of aliphatic carboxylic acids is 1. The minimum absolute atomic E-state index is 0.202. The average Bonchev–Trinajstić information content (AvgIpc) is 3.12. The van der Waals surface area contributed by atoms with Gasteiger partial charge >= 0.3 is 5.97 Å². The smallest absolute Gasteiger partial charge is 0.308 e. The third-order valence-corrected chi connectivity index (χ3v) is 5.83. The highest BCUT2D eigenvalue weighted by molar-refractivity contribution is 7.17. The lowest BCUT2D eigenvalue weighted by atomic mass is 9.99. The number of anilines is 1. The van der Waals surface area contributed by atoms with E-state index in [9.17, 15) is 14.7 Å². The molecule has 8 heteroatoms. The molecular formula is C19H19N3O4S. The summed E-state index contributed by atoms with van der Waals surface area (Å²) in [6, 6.07) is 7.62. The lowest BCUT2D eigenvalue weighted by molar-refractivity contribution is -0.141. The molecule has 1 aliphatic heterocycles. The Morgan fingerprint density at radius 2 is 2.30 bits per heavy atom. The number of carboxylic acids is 1. The van der Waals surface area contributed by atoms with E-state index in [0.29, 0.717) is 35.7 Å². The van der Waals surface area contributed by atoms with Gasteiger partial charge in [-0.25, -0.2) is 4.98 Å². The second kappa shape index (κ2) is 7.03. The molecule has 2 aromatic heterocycles. The number of aromatic nitrogens is 2. The van der Waals surface area contributed by atoms with E-state index < -0.39 is 11.9 Å². The lowest BCUT2D eigenvalue weighted by Gasteiger charge is -2.31. The topological polar surface area (TPSA) is 95.5 Å². The SMILES string of the molecule is COc1cccc(-c2csc3c(=O)[nH]c(N4CCCC(C(=O)O)C4)nc23)c1. The fourth-order valence-electron chi connectivity index (χ4n) is 3.43. The maximum Gasteiger partial charge on any atom is 0.308 e. The van der Waals surface area contributed by atoms with Crippen LogP contribution in [0.15, 0.2) is 34.4 Å². The molecule has 1 aromatic carbocycles. The van der Waals surface area contributed by atoms with E-state index in [-0.39, 0.29) is 5.56 Å². The van der Waals surface area contributed by atoms with Crippen molar-refractivity contribution in [2.45, 2.75) is 12.8 Å². The molecule has 3 aromatic rings. The second-order valence-electron chi connectivity index (χ2n) is 6.57. The Morgan fingerprint density at radius 1 is 1.44 bits per heavy atom. The molecule has 140 valence electrons. The molecule has 27 heavy (non-hydrogen) atoms. The van der Waals surface area contributed by atoms with Crippen LogP contribution in [0.4, 0.5) is 5.95 Å². The molecule has 1 fully saturated rings. The van der Waals surface area contributed by atoms with Gasteiger partial charge in [0.25, 0.3) is 5.56 Å². The fourth-order valence-corrected chi connectivity index (χ4v) is 4.34. The highest BCUT2D eigenvalue weighted by Gasteiger charge is 2.27. The number of aromatic amines is 1. The predicted octanol–water partition coefficient (Wildman–Crippen LogP) is 2.96. The minimum Gasteiger partial charge on any atom is -0.497 e. The summed E-state index contributed by atoms with van der Waals surface area (Å²) in [6.45, 7) is 1.03. The first-order valence-electron chi connectivity index (χ1n) is 8.70. The second-order valence-corrected chi connectivity index (χ2v) is 7.45. The van der Waals surface area contributed by atoms with E-state index in [2.05, 4.69) is 4.98 Å². The number of carbonyl (C=O) groups is 1. The summed E-state index contributed by atoms with van der Waals surface area (Å²) in [5.74, 6) is -0.0888. The van der Waals surface area contributed by atoms with E-state index in [1.165, 1.54) is 11.3 Å². The maximum atomic E-state index is 12.6. The van der Waals surface area contributed by atoms with Crippen molar-refractivity contribution in [3.8, 4) is 16.9 Å². The number of ether oxygens (including phenoxy) is 1. The Morgan fingerprint density at radius 3 is 3.07 bits per heavy atom. The van der Waals surface area contributed by atoms with Gasteiger partial charge in [0.15, 0.2) is 0 Å². The first-order chi connectivity index (χ1) is 13.1. The predicted molar refractivity (Wildman–Crippen MR) is 105 cm³/mol. The van der Waals surface area contributed by atoms with Gasteiger partial charge in [-0.3, -0.25) is 14.6 Å². The number of carboxylic acid groups (broad SMARTS) is 1. The first kappa shape index (κ1) is 17.5. The van der Waals surface area contributed by atoms with Gasteiger partial charge in [0, 0.05) is 24.0 Å². The van der Waals surface area contributed by atoms with Gasteiger partial charge in [-0.1, -0.05) is 12.1 Å². The summed E-state index contributed by atoms with van der Waals surface area (Å²) in [5.41, 5.74) is 2.22. The summed E-state index contributed by atoms with van der Waals surface area (Å²) in [5, 5.41) is 11.2. The Balaban J connectivity index is 1.78. The number of fused-ring (bicyclic) bond motifs is 1. The molecule has 0 radical (unpaired) electrons. The van der Waals surface area contributed by atoms with Crippen LogP contribution in [0.25, 0.3) is 21.3 Å². The van der Waals surface area contributed by atoms with Gasteiger partial charge < -0.3 is 14.7 Å². The third kappa shape index (κ3) is 3.28. The standard InChI is InChI=1S/C19H19N3O4S/c1-26-13-6-2-4-11(8-13)14-10-27-16-15(14)20-19(21-17(16)23)22-7-3-5-12(9-22)18(24)25/h2,4,6,8,10,12H,3,5,7,9H2,1H3,(H,24,25)(H,20,21,23). The van der Waals surface area contributed by atoms with Crippen molar-refractivity contribution in [3.05, 3.63) is 40.0 Å². The zero-order chi connectivity index (χ0) is 19.0. The molecule has 7 nitrogen and oxygen atoms in total. The Bertz CT molecular complexity index is 1060. The molecule has 0 spiro atoms. The van der Waals surface area contributed by atoms with Crippen LogP contribution in [0.1, 0.15) is 12.8 Å². The summed E-state index contributed by atoms with van der Waals surface area (Å²) in [6.07, 6.45) is 1.40. The van der Waals surface area contributed by atoms with Gasteiger partial charge in [-0.15, -0.1) is 11.3 Å². The molecule has 0 bridgehead atoms. The van der Waals surface area contributed by atoms with Crippen LogP contribution in [-0.2, 0) is 4.79 Å². The molecule has 2 N–H and O–H groups in total. The fraction of sp³-hybridized carbons (Fsp3) is 0.316. The Hall–Kier alpha value is -2.87. The maximum absolute atomic E-state index is 12.6. The normalized spacial score (nSPS) is 17.2. The van der Waals surface area contributed by atoms with Crippen molar-refractivity contribution in [2.24, 2.45) is 5.92 Å². The van der Waals surface area contributed by atoms with Gasteiger partial charge in [-0.05, 0) is 30.5 Å². The molecule has 1 saturated heterocycles. The van der Waals surface area contributed by atoms with E-state index in [1.54, 1.807) is 7.11 Å². The van der Waals surface area contributed by atoms with Crippen molar-refractivity contribution in [2.75, 3.05) is 25.1 Å². The van der Waals surface area contributed by atoms with E-state index >= 15 is 0 Å². The van der Waals surface area contributed by atoms with Crippen LogP contribution in [0.5, 0.6) is 5.75 Å². The quantitative estimate of drug-likeness (QED) is 0.717. The number of rotatable bonds is 4. The monoisotopic (exact) mass is 385 g/mol. The van der Waals surface area contributed by atoms with Crippen molar-refractivity contribution >= 4 is 33.5 Å². The van der Waals surface area contributed by atoms with Gasteiger partial charge in [-0.2, -0.15) is 0 Å². The van der Waals surface area contributed by atoms with E-state index in [4.69, 9.17) is 9.72 Å². The number of H-pyrrole nitrogens is 1. The lowest BCUT2D eigenvalue weighted by Crippen LogP contribution is -2.40. The molecule has 0 saturated carbocycles. The minimum atomic E-state index is -0.810. The summed E-state index contributed by atoms with van der Waals surface area (Å²) < 4.78 is 5.85. The van der Waals surface area contributed by atoms with Gasteiger partial charge in [0.1, 0.15) is 10.4 Å². The van der Waals surface area contributed by atoms with Crippen LogP contribution in [0.3, 0.4) is 0 Å². The molecule has 1 aliphatic rings. The average molecular weight is 385 g/mol. The highest BCUT2D eigenvalue weighted by atomic mass is 32.1. The first-order valence-corrected chi connectivity index (χ1v) is 9.58. The number of hydrogen-bond donors (Lipinski definition) is 2. The van der Waals surface area contributed by atoms with Crippen molar-refractivity contribution in [1.29, 1.82) is 0 Å². The van der Waals surface area contributed by atoms with Crippen LogP contribution < -0.4 is 15.2 Å². The molecule has 0 amide bonds. The molecule has 4 rings (SSSR count). The Kier molecular flexibility index (Phi) is 4.57. The zero-order valence-corrected chi connectivity index (χ0v) is 15.6.